The van der Waals surface area contributed by atoms with Crippen LogP contribution in [0.4, 0.5) is 0 Å². The smallest absolute Gasteiger partial charge is 0.0705 e. The van der Waals surface area contributed by atoms with E-state index in [2.05, 4.69) is 72.6 Å². The van der Waals surface area contributed by atoms with Gasteiger partial charge < -0.3 is 0 Å². The number of aryl methyl sites for hydroxylation is 1. The van der Waals surface area contributed by atoms with E-state index in [1.165, 1.54) is 16.3 Å². The van der Waals surface area contributed by atoms with Gasteiger partial charge in [-0.25, -0.2) is 0 Å². The van der Waals surface area contributed by atoms with Crippen molar-refractivity contribution in [2.24, 2.45) is 0 Å². The van der Waals surface area contributed by atoms with Crippen molar-refractivity contribution in [2.45, 2.75) is 13.3 Å². The summed E-state index contributed by atoms with van der Waals surface area (Å²) < 4.78 is 0. The van der Waals surface area contributed by atoms with E-state index in [9.17, 15) is 0 Å². The molecule has 3 rings (SSSR count). The van der Waals surface area contributed by atoms with Crippen LogP contribution >= 0.6 is 0 Å². The fraction of sp³-hybridized carbons (Fsp3) is 0.118. The Balaban J connectivity index is 2.13. The minimum absolute atomic E-state index is 0.974. The zero-order valence-corrected chi connectivity index (χ0v) is 10.4. The molecule has 1 heteroatoms. The van der Waals surface area contributed by atoms with E-state index in [0.717, 1.165) is 17.8 Å². The lowest BCUT2D eigenvalue weighted by Crippen LogP contribution is -1.89. The second kappa shape index (κ2) is 4.61. The molecular weight excluding hydrogens is 218 g/mol. The van der Waals surface area contributed by atoms with Crippen molar-refractivity contribution in [1.29, 1.82) is 0 Å². The van der Waals surface area contributed by atoms with Crippen molar-refractivity contribution in [1.82, 2.24) is 4.98 Å². The van der Waals surface area contributed by atoms with Crippen LogP contribution in [0.5, 0.6) is 0 Å². The second-order valence-electron chi connectivity index (χ2n) is 4.43. The van der Waals surface area contributed by atoms with Crippen LogP contribution in [0.2, 0.25) is 0 Å². The van der Waals surface area contributed by atoms with Crippen LogP contribution in [0.1, 0.15) is 12.6 Å². The highest BCUT2D eigenvalue weighted by atomic mass is 14.7. The molecule has 0 aliphatic carbocycles. The second-order valence-corrected chi connectivity index (χ2v) is 4.43. The maximum absolute atomic E-state index is 4.67. The van der Waals surface area contributed by atoms with Crippen LogP contribution in [0.15, 0.2) is 60.7 Å². The molecule has 2 aromatic carbocycles. The van der Waals surface area contributed by atoms with E-state index in [4.69, 9.17) is 0 Å². The molecule has 1 nitrogen and oxygen atoms in total. The minimum Gasteiger partial charge on any atom is -0.253 e. The van der Waals surface area contributed by atoms with Gasteiger partial charge in [-0.05, 0) is 35.4 Å². The molecular formula is C17H15N. The van der Waals surface area contributed by atoms with Gasteiger partial charge in [0.05, 0.1) is 5.69 Å². The van der Waals surface area contributed by atoms with Crippen molar-refractivity contribution in [2.75, 3.05) is 0 Å². The summed E-state index contributed by atoms with van der Waals surface area (Å²) in [7, 11) is 0. The molecule has 18 heavy (non-hydrogen) atoms. The fourth-order valence-electron chi connectivity index (χ4n) is 2.19. The molecule has 0 unspecified atom stereocenters. The molecule has 0 bridgehead atoms. The Morgan fingerprint density at radius 2 is 1.67 bits per heavy atom. The summed E-state index contributed by atoms with van der Waals surface area (Å²) >= 11 is 0. The first-order valence-corrected chi connectivity index (χ1v) is 6.32. The molecule has 0 saturated heterocycles. The first-order chi connectivity index (χ1) is 8.86. The van der Waals surface area contributed by atoms with Gasteiger partial charge in [-0.1, -0.05) is 49.4 Å². The number of hydrogen-bond donors (Lipinski definition) is 0. The predicted molar refractivity (Wildman–Crippen MR) is 76.6 cm³/mol. The number of fused-ring (bicyclic) bond motifs is 1. The Kier molecular flexibility index (Phi) is 2.81. The lowest BCUT2D eigenvalue weighted by molar-refractivity contribution is 1.04. The Morgan fingerprint density at radius 3 is 2.50 bits per heavy atom. The maximum atomic E-state index is 4.67. The lowest BCUT2D eigenvalue weighted by atomic mass is 10.0. The number of pyridine rings is 1. The number of aromatic nitrogens is 1. The molecule has 0 radical (unpaired) electrons. The molecule has 0 N–H and O–H groups in total. The summed E-state index contributed by atoms with van der Waals surface area (Å²) in [5.41, 5.74) is 3.38. The first-order valence-electron chi connectivity index (χ1n) is 6.32. The largest absolute Gasteiger partial charge is 0.253 e. The lowest BCUT2D eigenvalue weighted by Gasteiger charge is -2.05. The van der Waals surface area contributed by atoms with Gasteiger partial charge in [0.25, 0.3) is 0 Å². The van der Waals surface area contributed by atoms with E-state index >= 15 is 0 Å². The summed E-state index contributed by atoms with van der Waals surface area (Å²) in [6.45, 7) is 2.13. The molecule has 1 heterocycles. The number of benzene rings is 2. The summed E-state index contributed by atoms with van der Waals surface area (Å²) in [4.78, 5) is 4.67. The van der Waals surface area contributed by atoms with Gasteiger partial charge in [0, 0.05) is 11.3 Å². The van der Waals surface area contributed by atoms with Gasteiger partial charge in [-0.2, -0.15) is 0 Å². The Bertz CT molecular complexity index is 686. The van der Waals surface area contributed by atoms with Crippen molar-refractivity contribution < 1.29 is 0 Å². The van der Waals surface area contributed by atoms with Gasteiger partial charge >= 0.3 is 0 Å². The monoisotopic (exact) mass is 233 g/mol. The third kappa shape index (κ3) is 2.00. The molecule has 0 atom stereocenters. The van der Waals surface area contributed by atoms with Crippen molar-refractivity contribution in [3.63, 3.8) is 0 Å². The van der Waals surface area contributed by atoms with Gasteiger partial charge in [-0.3, -0.25) is 4.98 Å². The molecule has 0 aliphatic rings. The molecule has 1 aromatic heterocycles. The summed E-state index contributed by atoms with van der Waals surface area (Å²) in [6.07, 6.45) is 0.974. The van der Waals surface area contributed by atoms with Crippen LogP contribution in [0.25, 0.3) is 22.0 Å². The highest BCUT2D eigenvalue weighted by Gasteiger charge is 2.01. The fourth-order valence-corrected chi connectivity index (χ4v) is 2.19. The highest BCUT2D eigenvalue weighted by Crippen LogP contribution is 2.23. The molecule has 0 amide bonds. The van der Waals surface area contributed by atoms with Crippen molar-refractivity contribution in [3.05, 3.63) is 66.4 Å². The van der Waals surface area contributed by atoms with Crippen LogP contribution in [0.3, 0.4) is 0 Å². The average molecular weight is 233 g/mol. The number of rotatable bonds is 2. The number of hydrogen-bond acceptors (Lipinski definition) is 1. The first kappa shape index (κ1) is 11.0. The van der Waals surface area contributed by atoms with Gasteiger partial charge in [-0.15, -0.1) is 0 Å². The minimum atomic E-state index is 0.974. The van der Waals surface area contributed by atoms with E-state index in [-0.39, 0.29) is 0 Å². The zero-order chi connectivity index (χ0) is 12.4. The van der Waals surface area contributed by atoms with Crippen LogP contribution in [0, 0.1) is 0 Å². The summed E-state index contributed by atoms with van der Waals surface area (Å²) in [6, 6.07) is 21.1. The van der Waals surface area contributed by atoms with Gasteiger partial charge in [0.2, 0.25) is 0 Å². The highest BCUT2D eigenvalue weighted by molar-refractivity contribution is 5.86. The third-order valence-electron chi connectivity index (χ3n) is 3.21. The summed E-state index contributed by atoms with van der Waals surface area (Å²) in [5, 5.41) is 2.53. The Morgan fingerprint density at radius 1 is 0.833 bits per heavy atom. The van der Waals surface area contributed by atoms with Crippen LogP contribution < -0.4 is 0 Å². The predicted octanol–water partition coefficient (Wildman–Crippen LogP) is 4.46. The summed E-state index contributed by atoms with van der Waals surface area (Å²) in [5.74, 6) is 0. The van der Waals surface area contributed by atoms with E-state index in [0.29, 0.717) is 0 Å². The Hall–Kier alpha value is -2.15. The van der Waals surface area contributed by atoms with E-state index in [1.54, 1.807) is 0 Å². The number of nitrogens with zero attached hydrogens (tertiary/aromatic N) is 1. The topological polar surface area (TPSA) is 12.9 Å². The molecule has 0 spiro atoms. The molecule has 88 valence electrons. The third-order valence-corrected chi connectivity index (χ3v) is 3.21. The van der Waals surface area contributed by atoms with Crippen molar-refractivity contribution in [3.8, 4) is 11.3 Å². The van der Waals surface area contributed by atoms with Crippen LogP contribution in [-0.4, -0.2) is 4.98 Å². The average Bonchev–Trinajstić information content (AvgIpc) is 2.47. The molecule has 0 fully saturated rings. The molecule has 3 aromatic rings. The van der Waals surface area contributed by atoms with Gasteiger partial charge in [0.1, 0.15) is 0 Å². The Labute approximate surface area is 107 Å². The van der Waals surface area contributed by atoms with Gasteiger partial charge in [0.15, 0.2) is 0 Å². The van der Waals surface area contributed by atoms with E-state index in [1.807, 2.05) is 0 Å². The zero-order valence-electron chi connectivity index (χ0n) is 10.4. The SMILES string of the molecule is CCc1cccc(-c2ccc3ccccc3c2)n1. The quantitative estimate of drug-likeness (QED) is 0.636. The van der Waals surface area contributed by atoms with Crippen LogP contribution in [-0.2, 0) is 6.42 Å². The molecule has 0 saturated carbocycles. The molecule has 0 aliphatic heterocycles. The standard InChI is InChI=1S/C17H15N/c1-2-16-8-5-9-17(18-16)15-11-10-13-6-3-4-7-14(13)12-15/h3-12H,2H2,1H3. The maximum Gasteiger partial charge on any atom is 0.0705 e. The normalized spacial score (nSPS) is 10.7. The van der Waals surface area contributed by atoms with Crippen molar-refractivity contribution >= 4 is 10.8 Å². The van der Waals surface area contributed by atoms with E-state index < -0.39 is 0 Å².